The van der Waals surface area contributed by atoms with Crippen molar-refractivity contribution in [2.45, 2.75) is 6.54 Å². The van der Waals surface area contributed by atoms with Crippen LogP contribution in [0.5, 0.6) is 0 Å². The third kappa shape index (κ3) is 1.75. The number of nitrogens with zero attached hydrogens (tertiary/aromatic N) is 3. The van der Waals surface area contributed by atoms with Crippen LogP contribution in [-0.2, 0) is 6.54 Å². The molecule has 0 saturated carbocycles. The first kappa shape index (κ1) is 11.2. The largest absolute Gasteiger partial charge is 0.325 e. The van der Waals surface area contributed by atoms with Crippen molar-refractivity contribution in [2.24, 2.45) is 5.73 Å². The van der Waals surface area contributed by atoms with E-state index in [2.05, 4.69) is 10.1 Å². The summed E-state index contributed by atoms with van der Waals surface area (Å²) in [6, 6.07) is 9.47. The first-order valence-electron chi connectivity index (χ1n) is 5.58. The van der Waals surface area contributed by atoms with Gasteiger partial charge in [-0.1, -0.05) is 11.6 Å². The second-order valence-corrected chi connectivity index (χ2v) is 4.33. The Morgan fingerprint density at radius 3 is 2.89 bits per heavy atom. The Kier molecular flexibility index (Phi) is 2.74. The summed E-state index contributed by atoms with van der Waals surface area (Å²) in [4.78, 5) is 4.38. The van der Waals surface area contributed by atoms with Crippen LogP contribution in [0.4, 0.5) is 0 Å². The first-order chi connectivity index (χ1) is 8.79. The summed E-state index contributed by atoms with van der Waals surface area (Å²) in [5.74, 6) is 0. The molecule has 18 heavy (non-hydrogen) atoms. The molecular formula is C13H11ClN4. The van der Waals surface area contributed by atoms with Crippen LogP contribution < -0.4 is 5.73 Å². The number of nitrogens with two attached hydrogens (primary N) is 1. The predicted octanol–water partition coefficient (Wildman–Crippen LogP) is 2.53. The molecule has 0 radical (unpaired) electrons. The zero-order valence-corrected chi connectivity index (χ0v) is 10.3. The molecule has 3 rings (SSSR count). The summed E-state index contributed by atoms with van der Waals surface area (Å²) < 4.78 is 1.77. The Labute approximate surface area is 109 Å². The number of rotatable bonds is 2. The Morgan fingerprint density at radius 1 is 1.22 bits per heavy atom. The zero-order valence-electron chi connectivity index (χ0n) is 9.55. The summed E-state index contributed by atoms with van der Waals surface area (Å²) in [6.45, 7) is 0.423. The molecule has 0 spiro atoms. The minimum atomic E-state index is 0.423. The fourth-order valence-electron chi connectivity index (χ4n) is 1.91. The highest BCUT2D eigenvalue weighted by atomic mass is 35.5. The van der Waals surface area contributed by atoms with Crippen LogP contribution in [0.2, 0.25) is 5.02 Å². The van der Waals surface area contributed by atoms with Crippen molar-refractivity contribution in [3.63, 3.8) is 0 Å². The van der Waals surface area contributed by atoms with Crippen molar-refractivity contribution in [1.82, 2.24) is 14.8 Å². The lowest BCUT2D eigenvalue weighted by Crippen LogP contribution is -2.01. The Morgan fingerprint density at radius 2 is 2.11 bits per heavy atom. The number of fused-ring (bicyclic) bond motifs is 1. The van der Waals surface area contributed by atoms with E-state index in [1.54, 1.807) is 10.9 Å². The second-order valence-electron chi connectivity index (χ2n) is 3.92. The van der Waals surface area contributed by atoms with Gasteiger partial charge in [-0.2, -0.15) is 5.10 Å². The molecule has 0 fully saturated rings. The topological polar surface area (TPSA) is 56.7 Å². The molecule has 5 heteroatoms. The fourth-order valence-corrected chi connectivity index (χ4v) is 2.13. The number of pyridine rings is 1. The van der Waals surface area contributed by atoms with Gasteiger partial charge in [0, 0.05) is 24.3 Å². The molecule has 0 saturated heterocycles. The molecule has 4 nitrogen and oxygen atoms in total. The summed E-state index contributed by atoms with van der Waals surface area (Å²) >= 11 is 6.16. The van der Waals surface area contributed by atoms with Crippen molar-refractivity contribution in [2.75, 3.05) is 0 Å². The van der Waals surface area contributed by atoms with E-state index in [1.807, 2.05) is 36.5 Å². The SMILES string of the molecule is NCc1ccn(-c2ccc(Cl)c3cccnc23)n1. The van der Waals surface area contributed by atoms with Gasteiger partial charge in [0.15, 0.2) is 0 Å². The van der Waals surface area contributed by atoms with Crippen LogP contribution in [0.3, 0.4) is 0 Å². The number of aromatic nitrogens is 3. The van der Waals surface area contributed by atoms with Gasteiger partial charge < -0.3 is 5.73 Å². The highest BCUT2D eigenvalue weighted by Crippen LogP contribution is 2.26. The standard InChI is InChI=1S/C13H11ClN4/c14-11-3-4-12(13-10(11)2-1-6-16-13)18-7-5-9(8-15)17-18/h1-7H,8,15H2. The molecule has 0 amide bonds. The van der Waals surface area contributed by atoms with Gasteiger partial charge in [-0.3, -0.25) is 4.98 Å². The minimum Gasteiger partial charge on any atom is -0.325 e. The van der Waals surface area contributed by atoms with E-state index in [-0.39, 0.29) is 0 Å². The molecule has 2 aromatic heterocycles. The van der Waals surface area contributed by atoms with Crippen LogP contribution in [0.25, 0.3) is 16.6 Å². The zero-order chi connectivity index (χ0) is 12.5. The third-order valence-corrected chi connectivity index (χ3v) is 3.13. The molecule has 0 bridgehead atoms. The highest BCUT2D eigenvalue weighted by molar-refractivity contribution is 6.35. The molecule has 3 aromatic rings. The van der Waals surface area contributed by atoms with Crippen molar-refractivity contribution < 1.29 is 0 Å². The van der Waals surface area contributed by atoms with Crippen LogP contribution in [0, 0.1) is 0 Å². The molecule has 0 aliphatic rings. The Bertz CT molecular complexity index is 705. The van der Waals surface area contributed by atoms with Gasteiger partial charge in [0.25, 0.3) is 0 Å². The maximum absolute atomic E-state index is 6.16. The van der Waals surface area contributed by atoms with Gasteiger partial charge in [0.1, 0.15) is 0 Å². The van der Waals surface area contributed by atoms with Crippen molar-refractivity contribution in [3.8, 4) is 5.69 Å². The summed E-state index contributed by atoms with van der Waals surface area (Å²) in [5, 5.41) is 5.99. The molecule has 1 aromatic carbocycles. The van der Waals surface area contributed by atoms with Gasteiger partial charge in [-0.05, 0) is 30.3 Å². The molecule has 90 valence electrons. The highest BCUT2D eigenvalue weighted by Gasteiger charge is 2.08. The van der Waals surface area contributed by atoms with Crippen LogP contribution in [-0.4, -0.2) is 14.8 Å². The molecule has 0 atom stereocenters. The maximum Gasteiger partial charge on any atom is 0.0973 e. The molecule has 0 aliphatic heterocycles. The normalized spacial score (nSPS) is 11.0. The van der Waals surface area contributed by atoms with Gasteiger partial charge in [0.2, 0.25) is 0 Å². The van der Waals surface area contributed by atoms with Crippen molar-refractivity contribution in [1.29, 1.82) is 0 Å². The van der Waals surface area contributed by atoms with Crippen LogP contribution in [0.15, 0.2) is 42.7 Å². The maximum atomic E-state index is 6.16. The monoisotopic (exact) mass is 258 g/mol. The van der Waals surface area contributed by atoms with E-state index in [4.69, 9.17) is 17.3 Å². The average Bonchev–Trinajstić information content (AvgIpc) is 2.88. The second kappa shape index (κ2) is 4.40. The summed E-state index contributed by atoms with van der Waals surface area (Å²) in [7, 11) is 0. The Balaban J connectivity index is 2.26. The summed E-state index contributed by atoms with van der Waals surface area (Å²) in [5.41, 5.74) is 8.14. The van der Waals surface area contributed by atoms with Crippen LogP contribution in [0.1, 0.15) is 5.69 Å². The minimum absolute atomic E-state index is 0.423. The van der Waals surface area contributed by atoms with Gasteiger partial charge in [-0.25, -0.2) is 4.68 Å². The lowest BCUT2D eigenvalue weighted by Gasteiger charge is -2.06. The molecule has 2 heterocycles. The predicted molar refractivity (Wildman–Crippen MR) is 71.8 cm³/mol. The van der Waals surface area contributed by atoms with E-state index in [9.17, 15) is 0 Å². The number of benzene rings is 1. The van der Waals surface area contributed by atoms with Gasteiger partial charge >= 0.3 is 0 Å². The lowest BCUT2D eigenvalue weighted by molar-refractivity contribution is 0.837. The molecular weight excluding hydrogens is 248 g/mol. The number of halogens is 1. The fraction of sp³-hybridized carbons (Fsp3) is 0.0769. The van der Waals surface area contributed by atoms with E-state index in [0.29, 0.717) is 11.6 Å². The number of hydrogen-bond donors (Lipinski definition) is 1. The van der Waals surface area contributed by atoms with Crippen molar-refractivity contribution >= 4 is 22.5 Å². The van der Waals surface area contributed by atoms with E-state index >= 15 is 0 Å². The average molecular weight is 259 g/mol. The number of hydrogen-bond acceptors (Lipinski definition) is 3. The quantitative estimate of drug-likeness (QED) is 0.768. The summed E-state index contributed by atoms with van der Waals surface area (Å²) in [6.07, 6.45) is 3.62. The molecule has 2 N–H and O–H groups in total. The lowest BCUT2D eigenvalue weighted by atomic mass is 10.2. The van der Waals surface area contributed by atoms with Crippen molar-refractivity contribution in [3.05, 3.63) is 53.4 Å². The van der Waals surface area contributed by atoms with Gasteiger partial charge in [-0.15, -0.1) is 0 Å². The van der Waals surface area contributed by atoms with Crippen LogP contribution >= 0.6 is 11.6 Å². The van der Waals surface area contributed by atoms with Gasteiger partial charge in [0.05, 0.1) is 21.9 Å². The first-order valence-corrected chi connectivity index (χ1v) is 5.95. The van der Waals surface area contributed by atoms with E-state index in [0.717, 1.165) is 22.3 Å². The van der Waals surface area contributed by atoms with E-state index < -0.39 is 0 Å². The smallest absolute Gasteiger partial charge is 0.0973 e. The third-order valence-electron chi connectivity index (χ3n) is 2.80. The molecule has 0 aliphatic carbocycles. The molecule has 0 unspecified atom stereocenters. The van der Waals surface area contributed by atoms with E-state index in [1.165, 1.54) is 0 Å². The Hall–Kier alpha value is -1.91.